The Morgan fingerprint density at radius 1 is 0.833 bits per heavy atom. The Hall–Kier alpha value is -3.19. The van der Waals surface area contributed by atoms with Crippen LogP contribution in [0.25, 0.3) is 0 Å². The van der Waals surface area contributed by atoms with Crippen molar-refractivity contribution in [2.24, 2.45) is 11.8 Å². The number of carbonyl (C=O) groups is 3. The van der Waals surface area contributed by atoms with Crippen molar-refractivity contribution in [2.45, 2.75) is 39.3 Å². The fraction of sp³-hybridized carbons (Fsp3) is 0.348. The van der Waals surface area contributed by atoms with E-state index in [9.17, 15) is 14.4 Å². The molecule has 0 saturated carbocycles. The number of rotatable bonds is 10. The highest BCUT2D eigenvalue weighted by Gasteiger charge is 2.31. The van der Waals surface area contributed by atoms with E-state index in [0.29, 0.717) is 6.54 Å². The van der Waals surface area contributed by atoms with Gasteiger partial charge in [-0.25, -0.2) is 5.48 Å². The molecule has 0 aliphatic carbocycles. The molecule has 2 aromatic carbocycles. The summed E-state index contributed by atoms with van der Waals surface area (Å²) in [4.78, 5) is 37.6. The van der Waals surface area contributed by atoms with Crippen molar-refractivity contribution >= 4 is 17.7 Å². The van der Waals surface area contributed by atoms with Crippen LogP contribution in [0.1, 0.15) is 31.4 Å². The fourth-order valence-corrected chi connectivity index (χ4v) is 3.12. The molecule has 160 valence electrons. The number of carbonyl (C=O) groups excluding carboxylic acids is 3. The zero-order valence-corrected chi connectivity index (χ0v) is 17.3. The summed E-state index contributed by atoms with van der Waals surface area (Å²) in [7, 11) is 0. The van der Waals surface area contributed by atoms with Crippen molar-refractivity contribution in [1.29, 1.82) is 0 Å². The summed E-state index contributed by atoms with van der Waals surface area (Å²) in [5, 5.41) is 14.5. The van der Waals surface area contributed by atoms with Gasteiger partial charge in [0.05, 0.1) is 0 Å². The van der Waals surface area contributed by atoms with E-state index in [1.54, 1.807) is 5.48 Å². The van der Waals surface area contributed by atoms with Crippen molar-refractivity contribution in [2.75, 3.05) is 0 Å². The average molecular weight is 412 g/mol. The molecule has 3 amide bonds. The lowest BCUT2D eigenvalue weighted by Crippen LogP contribution is -2.51. The number of benzene rings is 2. The van der Waals surface area contributed by atoms with E-state index in [2.05, 4.69) is 10.6 Å². The molecule has 0 aliphatic rings. The van der Waals surface area contributed by atoms with Crippen LogP contribution < -0.4 is 16.1 Å². The lowest BCUT2D eigenvalue weighted by Gasteiger charge is -2.22. The van der Waals surface area contributed by atoms with Crippen LogP contribution in [0, 0.1) is 11.8 Å². The Kier molecular flexibility index (Phi) is 9.03. The van der Waals surface area contributed by atoms with Gasteiger partial charge in [0.1, 0.15) is 12.0 Å². The molecule has 0 heterocycles. The van der Waals surface area contributed by atoms with Gasteiger partial charge in [0.15, 0.2) is 0 Å². The van der Waals surface area contributed by atoms with E-state index >= 15 is 0 Å². The monoisotopic (exact) mass is 411 g/mol. The van der Waals surface area contributed by atoms with Crippen molar-refractivity contribution in [3.05, 3.63) is 71.8 Å². The zero-order chi connectivity index (χ0) is 21.9. The Balaban J connectivity index is 2.14. The standard InChI is InChI=1S/C23H29N3O4/c1-16(2)13-19(22(28)26-30)21(27)25-20(14-17-9-5-3-6-10-17)23(29)24-15-18-11-7-4-8-12-18/h3-12,16,19-20,30H,13-15H2,1-2H3,(H,24,29)(H,25,27)(H,26,28)/t19-,20-/m0/s1. The van der Waals surface area contributed by atoms with Crippen LogP contribution in [0.4, 0.5) is 0 Å². The lowest BCUT2D eigenvalue weighted by molar-refractivity contribution is -0.142. The molecule has 2 aromatic rings. The molecule has 2 atom stereocenters. The minimum Gasteiger partial charge on any atom is -0.350 e. The third-order valence-electron chi connectivity index (χ3n) is 4.68. The highest BCUT2D eigenvalue weighted by atomic mass is 16.5. The topological polar surface area (TPSA) is 108 Å². The van der Waals surface area contributed by atoms with E-state index in [1.807, 2.05) is 74.5 Å². The van der Waals surface area contributed by atoms with E-state index in [-0.39, 0.29) is 24.7 Å². The molecule has 0 spiro atoms. The third-order valence-corrected chi connectivity index (χ3v) is 4.68. The Morgan fingerprint density at radius 2 is 1.40 bits per heavy atom. The summed E-state index contributed by atoms with van der Waals surface area (Å²) in [5.74, 6) is -2.76. The van der Waals surface area contributed by atoms with Crippen LogP contribution in [0.3, 0.4) is 0 Å². The first-order chi connectivity index (χ1) is 14.4. The Morgan fingerprint density at radius 3 is 1.93 bits per heavy atom. The molecule has 0 fully saturated rings. The number of nitrogens with one attached hydrogen (secondary N) is 3. The summed E-state index contributed by atoms with van der Waals surface area (Å²) in [6.45, 7) is 4.07. The molecule has 0 aliphatic heterocycles. The number of hydrogen-bond donors (Lipinski definition) is 4. The molecular formula is C23H29N3O4. The van der Waals surface area contributed by atoms with Gasteiger partial charge in [-0.3, -0.25) is 19.6 Å². The minimum atomic E-state index is -1.09. The third kappa shape index (κ3) is 7.33. The van der Waals surface area contributed by atoms with Gasteiger partial charge in [0, 0.05) is 13.0 Å². The molecule has 0 bridgehead atoms. The summed E-state index contributed by atoms with van der Waals surface area (Å²) in [6.07, 6.45) is 0.532. The second-order valence-corrected chi connectivity index (χ2v) is 7.61. The predicted molar refractivity (Wildman–Crippen MR) is 113 cm³/mol. The predicted octanol–water partition coefficient (Wildman–Crippen LogP) is 2.20. The maximum atomic E-state index is 12.9. The molecule has 2 rings (SSSR count). The quantitative estimate of drug-likeness (QED) is 0.273. The van der Waals surface area contributed by atoms with E-state index < -0.39 is 23.8 Å². The molecule has 0 aromatic heterocycles. The molecule has 0 radical (unpaired) electrons. The van der Waals surface area contributed by atoms with E-state index in [0.717, 1.165) is 11.1 Å². The van der Waals surface area contributed by atoms with Crippen molar-refractivity contribution in [3.63, 3.8) is 0 Å². The maximum absolute atomic E-state index is 12.9. The second kappa shape index (κ2) is 11.7. The largest absolute Gasteiger partial charge is 0.350 e. The van der Waals surface area contributed by atoms with E-state index in [4.69, 9.17) is 5.21 Å². The van der Waals surface area contributed by atoms with Gasteiger partial charge in [-0.2, -0.15) is 0 Å². The van der Waals surface area contributed by atoms with Crippen LogP contribution in [0.15, 0.2) is 60.7 Å². The molecular weight excluding hydrogens is 382 g/mol. The minimum absolute atomic E-state index is 0.0533. The van der Waals surface area contributed by atoms with Crippen LogP contribution in [-0.2, 0) is 27.3 Å². The van der Waals surface area contributed by atoms with Gasteiger partial charge < -0.3 is 10.6 Å². The average Bonchev–Trinajstić information content (AvgIpc) is 2.76. The van der Waals surface area contributed by atoms with E-state index in [1.165, 1.54) is 0 Å². The Labute approximate surface area is 176 Å². The SMILES string of the molecule is CC(C)C[C@H](C(=O)NO)C(=O)N[C@@H](Cc1ccccc1)C(=O)NCc1ccccc1. The normalized spacial score (nSPS) is 12.7. The van der Waals surface area contributed by atoms with Crippen molar-refractivity contribution in [1.82, 2.24) is 16.1 Å². The zero-order valence-electron chi connectivity index (χ0n) is 17.3. The van der Waals surface area contributed by atoms with Crippen LogP contribution in [0.2, 0.25) is 0 Å². The molecule has 7 nitrogen and oxygen atoms in total. The Bertz CT molecular complexity index is 825. The highest BCUT2D eigenvalue weighted by Crippen LogP contribution is 2.13. The van der Waals surface area contributed by atoms with Gasteiger partial charge >= 0.3 is 0 Å². The van der Waals surface area contributed by atoms with Crippen molar-refractivity contribution < 1.29 is 19.6 Å². The molecule has 4 N–H and O–H groups in total. The van der Waals surface area contributed by atoms with Crippen LogP contribution in [-0.4, -0.2) is 29.0 Å². The van der Waals surface area contributed by atoms with Crippen LogP contribution >= 0.6 is 0 Å². The molecule has 30 heavy (non-hydrogen) atoms. The molecule has 0 saturated heterocycles. The molecule has 7 heteroatoms. The number of hydroxylamine groups is 1. The first kappa shape index (κ1) is 23.1. The van der Waals surface area contributed by atoms with Gasteiger partial charge in [0.2, 0.25) is 11.8 Å². The van der Waals surface area contributed by atoms with Gasteiger partial charge in [-0.05, 0) is 23.5 Å². The highest BCUT2D eigenvalue weighted by molar-refractivity contribution is 6.01. The van der Waals surface area contributed by atoms with Gasteiger partial charge in [0.25, 0.3) is 5.91 Å². The van der Waals surface area contributed by atoms with Crippen molar-refractivity contribution in [3.8, 4) is 0 Å². The first-order valence-electron chi connectivity index (χ1n) is 10.0. The van der Waals surface area contributed by atoms with Crippen LogP contribution in [0.5, 0.6) is 0 Å². The smallest absolute Gasteiger partial charge is 0.255 e. The summed E-state index contributed by atoms with van der Waals surface area (Å²) >= 11 is 0. The summed E-state index contributed by atoms with van der Waals surface area (Å²) < 4.78 is 0. The lowest BCUT2D eigenvalue weighted by atomic mass is 9.94. The maximum Gasteiger partial charge on any atom is 0.255 e. The first-order valence-corrected chi connectivity index (χ1v) is 10.0. The number of hydrogen-bond acceptors (Lipinski definition) is 4. The summed E-state index contributed by atoms with van der Waals surface area (Å²) in [6, 6.07) is 17.9. The summed E-state index contributed by atoms with van der Waals surface area (Å²) in [5.41, 5.74) is 3.37. The second-order valence-electron chi connectivity index (χ2n) is 7.61. The number of amides is 3. The van der Waals surface area contributed by atoms with Gasteiger partial charge in [-0.1, -0.05) is 74.5 Å². The van der Waals surface area contributed by atoms with Gasteiger partial charge in [-0.15, -0.1) is 0 Å². The fourth-order valence-electron chi connectivity index (χ4n) is 3.12. The molecule has 0 unspecified atom stereocenters.